The quantitative estimate of drug-likeness (QED) is 0.831. The summed E-state index contributed by atoms with van der Waals surface area (Å²) in [5.74, 6) is -0.840. The highest BCUT2D eigenvalue weighted by molar-refractivity contribution is 7.89. The highest BCUT2D eigenvalue weighted by atomic mass is 32.2. The van der Waals surface area contributed by atoms with Crippen LogP contribution < -0.4 is 0 Å². The van der Waals surface area contributed by atoms with Gasteiger partial charge in [-0.25, -0.2) is 12.8 Å². The average Bonchev–Trinajstić information content (AvgIpc) is 2.47. The second-order valence-electron chi connectivity index (χ2n) is 4.83. The number of methoxy groups -OCH3 is 1. The Bertz CT molecular complexity index is 642. The smallest absolute Gasteiger partial charge is 0.246 e. The maximum Gasteiger partial charge on any atom is 0.246 e. The molecule has 116 valence electrons. The molecular formula is C14H18FNO4S. The molecule has 5 nitrogen and oxygen atoms in total. The van der Waals surface area contributed by atoms with Crippen LogP contribution in [-0.2, 0) is 21.4 Å². The largest absolute Gasteiger partial charge is 0.392 e. The minimum Gasteiger partial charge on any atom is -0.392 e. The van der Waals surface area contributed by atoms with Crippen molar-refractivity contribution in [1.82, 2.24) is 4.31 Å². The number of rotatable bonds is 5. The summed E-state index contributed by atoms with van der Waals surface area (Å²) in [7, 11) is -2.28. The molecule has 21 heavy (non-hydrogen) atoms. The van der Waals surface area contributed by atoms with Crippen LogP contribution in [0.4, 0.5) is 4.39 Å². The van der Waals surface area contributed by atoms with Crippen molar-refractivity contribution in [2.24, 2.45) is 0 Å². The third-order valence-electron chi connectivity index (χ3n) is 3.39. The fourth-order valence-electron chi connectivity index (χ4n) is 2.22. The van der Waals surface area contributed by atoms with Crippen LogP contribution in [0, 0.1) is 5.82 Å². The molecule has 0 atom stereocenters. The molecule has 1 heterocycles. The Morgan fingerprint density at radius 2 is 2.19 bits per heavy atom. The van der Waals surface area contributed by atoms with E-state index >= 15 is 0 Å². The summed E-state index contributed by atoms with van der Waals surface area (Å²) in [6.45, 7) is 0.665. The molecule has 1 aliphatic heterocycles. The SMILES string of the molecule is COCC1=CCN(S(=O)(=O)c2ccc(CO)cc2F)CC1. The van der Waals surface area contributed by atoms with Crippen LogP contribution in [0.15, 0.2) is 34.7 Å². The summed E-state index contributed by atoms with van der Waals surface area (Å²) >= 11 is 0. The van der Waals surface area contributed by atoms with Crippen molar-refractivity contribution in [2.75, 3.05) is 26.8 Å². The first-order valence-corrected chi connectivity index (χ1v) is 7.99. The van der Waals surface area contributed by atoms with Crippen LogP contribution in [0.3, 0.4) is 0 Å². The topological polar surface area (TPSA) is 66.8 Å². The molecule has 0 saturated heterocycles. The van der Waals surface area contributed by atoms with Crippen LogP contribution in [0.1, 0.15) is 12.0 Å². The van der Waals surface area contributed by atoms with Crippen molar-refractivity contribution in [2.45, 2.75) is 17.9 Å². The van der Waals surface area contributed by atoms with Gasteiger partial charge >= 0.3 is 0 Å². The van der Waals surface area contributed by atoms with Gasteiger partial charge in [0.05, 0.1) is 13.2 Å². The maximum absolute atomic E-state index is 13.9. The fraction of sp³-hybridized carbons (Fsp3) is 0.429. The Morgan fingerprint density at radius 1 is 1.43 bits per heavy atom. The molecule has 1 aromatic rings. The van der Waals surface area contributed by atoms with Gasteiger partial charge in [-0.1, -0.05) is 12.1 Å². The number of aliphatic hydroxyl groups excluding tert-OH is 1. The molecule has 0 saturated carbocycles. The van der Waals surface area contributed by atoms with Crippen molar-refractivity contribution >= 4 is 10.0 Å². The van der Waals surface area contributed by atoms with Crippen LogP contribution in [0.5, 0.6) is 0 Å². The van der Waals surface area contributed by atoms with E-state index in [1.54, 1.807) is 13.2 Å². The number of hydrogen-bond donors (Lipinski definition) is 1. The summed E-state index contributed by atoms with van der Waals surface area (Å²) in [6, 6.07) is 3.65. The lowest BCUT2D eigenvalue weighted by atomic mass is 10.1. The van der Waals surface area contributed by atoms with E-state index in [0.29, 0.717) is 25.1 Å². The first-order chi connectivity index (χ1) is 9.98. The molecule has 2 rings (SSSR count). The number of sulfonamides is 1. The molecule has 0 aromatic heterocycles. The number of benzene rings is 1. The standard InChI is InChI=1S/C14H18FNO4S/c1-20-10-11-4-6-16(7-5-11)21(18,19)14-3-2-12(9-17)8-13(14)15/h2-4,8,17H,5-7,9-10H2,1H3. The Hall–Kier alpha value is -1.28. The van der Waals surface area contributed by atoms with Crippen LogP contribution in [-0.4, -0.2) is 44.6 Å². The van der Waals surface area contributed by atoms with Crippen molar-refractivity contribution in [1.29, 1.82) is 0 Å². The molecule has 1 N–H and O–H groups in total. The van der Waals surface area contributed by atoms with Gasteiger partial charge in [-0.05, 0) is 29.7 Å². The predicted octanol–water partition coefficient (Wildman–Crippen LogP) is 1.29. The van der Waals surface area contributed by atoms with Crippen molar-refractivity contribution < 1.29 is 22.7 Å². The average molecular weight is 315 g/mol. The van der Waals surface area contributed by atoms with E-state index in [1.807, 2.05) is 0 Å². The Labute approximate surface area is 123 Å². The molecule has 0 aliphatic carbocycles. The van der Waals surface area contributed by atoms with Gasteiger partial charge < -0.3 is 9.84 Å². The lowest BCUT2D eigenvalue weighted by Crippen LogP contribution is -2.35. The Morgan fingerprint density at radius 3 is 2.71 bits per heavy atom. The Kier molecular flexibility index (Phi) is 5.10. The highest BCUT2D eigenvalue weighted by Crippen LogP contribution is 2.23. The first-order valence-electron chi connectivity index (χ1n) is 6.55. The summed E-state index contributed by atoms with van der Waals surface area (Å²) < 4.78 is 45.1. The van der Waals surface area contributed by atoms with Crippen LogP contribution in [0.25, 0.3) is 0 Å². The second-order valence-corrected chi connectivity index (χ2v) is 6.74. The number of aliphatic hydroxyl groups is 1. The van der Waals surface area contributed by atoms with Gasteiger partial charge in [0.15, 0.2) is 0 Å². The lowest BCUT2D eigenvalue weighted by molar-refractivity contribution is 0.219. The zero-order valence-electron chi connectivity index (χ0n) is 11.8. The minimum atomic E-state index is -3.86. The minimum absolute atomic E-state index is 0.211. The Balaban J connectivity index is 2.23. The third-order valence-corrected chi connectivity index (χ3v) is 5.29. The van der Waals surface area contributed by atoms with Gasteiger partial charge in [-0.2, -0.15) is 4.31 Å². The summed E-state index contributed by atoms with van der Waals surface area (Å²) in [6.07, 6.45) is 2.37. The molecule has 0 bridgehead atoms. The van der Waals surface area contributed by atoms with Gasteiger partial charge in [0.2, 0.25) is 10.0 Å². The fourth-order valence-corrected chi connectivity index (χ4v) is 3.64. The predicted molar refractivity (Wildman–Crippen MR) is 75.7 cm³/mol. The third kappa shape index (κ3) is 3.49. The van der Waals surface area contributed by atoms with Crippen molar-refractivity contribution in [3.63, 3.8) is 0 Å². The lowest BCUT2D eigenvalue weighted by Gasteiger charge is -2.25. The molecule has 0 radical (unpaired) electrons. The molecule has 1 aliphatic rings. The van der Waals surface area contributed by atoms with Gasteiger partial charge in [0, 0.05) is 20.2 Å². The zero-order chi connectivity index (χ0) is 15.5. The van der Waals surface area contributed by atoms with E-state index in [1.165, 1.54) is 16.4 Å². The van der Waals surface area contributed by atoms with Crippen LogP contribution >= 0.6 is 0 Å². The van der Waals surface area contributed by atoms with Crippen LogP contribution in [0.2, 0.25) is 0 Å². The van der Waals surface area contributed by atoms with Gasteiger partial charge in [0.1, 0.15) is 10.7 Å². The summed E-state index contributed by atoms with van der Waals surface area (Å²) in [5, 5.41) is 8.94. The van der Waals surface area contributed by atoms with E-state index in [4.69, 9.17) is 9.84 Å². The van der Waals surface area contributed by atoms with Gasteiger partial charge in [-0.3, -0.25) is 0 Å². The van der Waals surface area contributed by atoms with Crippen molar-refractivity contribution in [3.05, 3.63) is 41.2 Å². The first kappa shape index (κ1) is 16.1. The molecule has 0 fully saturated rings. The highest BCUT2D eigenvalue weighted by Gasteiger charge is 2.28. The van der Waals surface area contributed by atoms with E-state index in [-0.39, 0.29) is 18.0 Å². The second kappa shape index (κ2) is 6.65. The van der Waals surface area contributed by atoms with Gasteiger partial charge in [0.25, 0.3) is 0 Å². The molecule has 0 amide bonds. The summed E-state index contributed by atoms with van der Waals surface area (Å²) in [5.41, 5.74) is 1.38. The van der Waals surface area contributed by atoms with E-state index in [0.717, 1.165) is 11.6 Å². The number of halogens is 1. The monoisotopic (exact) mass is 315 g/mol. The maximum atomic E-state index is 13.9. The number of hydrogen-bond acceptors (Lipinski definition) is 4. The molecular weight excluding hydrogens is 297 g/mol. The van der Waals surface area contributed by atoms with E-state index in [2.05, 4.69) is 0 Å². The van der Waals surface area contributed by atoms with E-state index in [9.17, 15) is 12.8 Å². The molecule has 0 unspecified atom stereocenters. The summed E-state index contributed by atoms with van der Waals surface area (Å²) in [4.78, 5) is -0.358. The van der Waals surface area contributed by atoms with Gasteiger partial charge in [-0.15, -0.1) is 0 Å². The zero-order valence-corrected chi connectivity index (χ0v) is 12.6. The van der Waals surface area contributed by atoms with Crippen molar-refractivity contribution in [3.8, 4) is 0 Å². The molecule has 7 heteroatoms. The number of ether oxygens (including phenoxy) is 1. The molecule has 1 aromatic carbocycles. The number of nitrogens with zero attached hydrogens (tertiary/aromatic N) is 1. The normalized spacial score (nSPS) is 16.8. The van der Waals surface area contributed by atoms with E-state index < -0.39 is 15.8 Å². The molecule has 0 spiro atoms.